The Kier molecular flexibility index (Phi) is 2.37. The monoisotopic (exact) mass is 243 g/mol. The minimum atomic E-state index is 0.832. The fraction of sp³-hybridized carbons (Fsp3) is 0.200. The first-order valence-electron chi connectivity index (χ1n) is 5.93. The van der Waals surface area contributed by atoms with Crippen LogP contribution >= 0.6 is 11.6 Å². The molecule has 17 heavy (non-hydrogen) atoms. The Morgan fingerprint density at radius 1 is 1.18 bits per heavy atom. The lowest BCUT2D eigenvalue weighted by molar-refractivity contribution is 0.777. The van der Waals surface area contributed by atoms with Gasteiger partial charge < -0.3 is 4.57 Å². The van der Waals surface area contributed by atoms with Crippen molar-refractivity contribution in [1.29, 1.82) is 0 Å². The van der Waals surface area contributed by atoms with Gasteiger partial charge in [-0.1, -0.05) is 35.9 Å². The Balaban J connectivity index is 2.72. The van der Waals surface area contributed by atoms with Crippen LogP contribution in [0.15, 0.2) is 30.3 Å². The van der Waals surface area contributed by atoms with Crippen molar-refractivity contribution in [3.63, 3.8) is 0 Å². The zero-order valence-corrected chi connectivity index (χ0v) is 10.8. The van der Waals surface area contributed by atoms with Crippen LogP contribution in [-0.2, 0) is 6.54 Å². The van der Waals surface area contributed by atoms with Crippen LogP contribution in [0.1, 0.15) is 13.8 Å². The molecular formula is C15H14ClN. The summed E-state index contributed by atoms with van der Waals surface area (Å²) in [6.45, 7) is 5.24. The van der Waals surface area contributed by atoms with E-state index in [0.717, 1.165) is 17.0 Å². The lowest BCUT2D eigenvalue weighted by Gasteiger charge is -2.03. The van der Waals surface area contributed by atoms with E-state index in [-0.39, 0.29) is 0 Å². The molecule has 1 heterocycles. The van der Waals surface area contributed by atoms with Crippen LogP contribution in [0.4, 0.5) is 0 Å². The molecule has 1 aromatic heterocycles. The maximum absolute atomic E-state index is 6.27. The molecule has 3 rings (SSSR count). The molecule has 0 saturated carbocycles. The van der Waals surface area contributed by atoms with Crippen molar-refractivity contribution < 1.29 is 0 Å². The number of hydrogen-bond acceptors (Lipinski definition) is 0. The summed E-state index contributed by atoms with van der Waals surface area (Å²) in [6, 6.07) is 10.5. The molecule has 86 valence electrons. The number of aryl methyl sites for hydroxylation is 1. The third kappa shape index (κ3) is 1.32. The van der Waals surface area contributed by atoms with Gasteiger partial charge in [-0.3, -0.25) is 0 Å². The number of hydrogen-bond donors (Lipinski definition) is 0. The van der Waals surface area contributed by atoms with Crippen molar-refractivity contribution in [1.82, 2.24) is 4.57 Å². The van der Waals surface area contributed by atoms with Crippen LogP contribution in [0.25, 0.3) is 27.8 Å². The lowest BCUT2D eigenvalue weighted by atomic mass is 10.1. The van der Waals surface area contributed by atoms with Crippen LogP contribution in [-0.4, -0.2) is 4.57 Å². The summed E-state index contributed by atoms with van der Waals surface area (Å²) in [5.41, 5.74) is 1.27. The molecule has 1 nitrogen and oxygen atoms in total. The summed E-state index contributed by atoms with van der Waals surface area (Å²) in [5, 5.41) is 5.85. The highest BCUT2D eigenvalue weighted by atomic mass is 35.5. The minimum absolute atomic E-state index is 0.832. The molecule has 0 aliphatic heterocycles. The van der Waals surface area contributed by atoms with Crippen LogP contribution < -0.4 is 5.35 Å². The molecule has 0 spiro atoms. The average molecular weight is 244 g/mol. The SMILES string of the molecule is C/C=c1\c2cccc3c(Cl)ccc(c32)n1CC. The molecule has 2 aromatic carbocycles. The molecule has 0 amide bonds. The topological polar surface area (TPSA) is 4.93 Å². The summed E-state index contributed by atoms with van der Waals surface area (Å²) < 4.78 is 2.34. The third-order valence-electron chi connectivity index (χ3n) is 3.41. The van der Waals surface area contributed by atoms with E-state index in [0.29, 0.717) is 0 Å². The average Bonchev–Trinajstić information content (AvgIpc) is 2.68. The Morgan fingerprint density at radius 3 is 2.65 bits per heavy atom. The second kappa shape index (κ2) is 3.78. The molecule has 0 unspecified atom stereocenters. The largest absolute Gasteiger partial charge is 0.341 e. The van der Waals surface area contributed by atoms with Gasteiger partial charge in [-0.15, -0.1) is 0 Å². The van der Waals surface area contributed by atoms with Gasteiger partial charge in [-0.25, -0.2) is 0 Å². The predicted octanol–water partition coefficient (Wildman–Crippen LogP) is 3.99. The fourth-order valence-electron chi connectivity index (χ4n) is 2.72. The van der Waals surface area contributed by atoms with Gasteiger partial charge in [-0.05, 0) is 26.0 Å². The van der Waals surface area contributed by atoms with Crippen molar-refractivity contribution in [2.24, 2.45) is 0 Å². The van der Waals surface area contributed by atoms with E-state index in [1.54, 1.807) is 0 Å². The standard InChI is InChI=1S/C15H14ClN/c1-3-13-11-7-5-6-10-12(16)8-9-14(15(10)11)17(13)4-2/h3,5-9H,4H2,1-2H3/b13-3+. The number of rotatable bonds is 1. The maximum Gasteiger partial charge on any atom is 0.0498 e. The van der Waals surface area contributed by atoms with Crippen LogP contribution in [0.2, 0.25) is 5.02 Å². The highest BCUT2D eigenvalue weighted by Crippen LogP contribution is 2.31. The lowest BCUT2D eigenvalue weighted by Crippen LogP contribution is -2.14. The molecule has 3 aromatic rings. The second-order valence-electron chi connectivity index (χ2n) is 4.21. The summed E-state index contributed by atoms with van der Waals surface area (Å²) >= 11 is 6.27. The highest BCUT2D eigenvalue weighted by molar-refractivity contribution is 6.37. The molecule has 0 aliphatic rings. The van der Waals surface area contributed by atoms with Gasteiger partial charge in [0.25, 0.3) is 0 Å². The number of nitrogens with zero attached hydrogens (tertiary/aromatic N) is 1. The zero-order chi connectivity index (χ0) is 12.0. The van der Waals surface area contributed by atoms with Crippen LogP contribution in [0.5, 0.6) is 0 Å². The third-order valence-corrected chi connectivity index (χ3v) is 3.74. The zero-order valence-electron chi connectivity index (χ0n) is 10.00. The predicted molar refractivity (Wildman–Crippen MR) is 75.5 cm³/mol. The number of aromatic nitrogens is 1. The van der Waals surface area contributed by atoms with Gasteiger partial charge in [0, 0.05) is 38.6 Å². The second-order valence-corrected chi connectivity index (χ2v) is 4.62. The van der Waals surface area contributed by atoms with E-state index >= 15 is 0 Å². The Morgan fingerprint density at radius 2 is 1.94 bits per heavy atom. The Hall–Kier alpha value is -1.47. The minimum Gasteiger partial charge on any atom is -0.341 e. The summed E-state index contributed by atoms with van der Waals surface area (Å²) in [4.78, 5) is 0. The van der Waals surface area contributed by atoms with Crippen LogP contribution in [0.3, 0.4) is 0 Å². The molecular weight excluding hydrogens is 230 g/mol. The maximum atomic E-state index is 6.27. The first-order chi connectivity index (χ1) is 8.27. The summed E-state index contributed by atoms with van der Waals surface area (Å²) in [7, 11) is 0. The van der Waals surface area contributed by atoms with Gasteiger partial charge in [0.2, 0.25) is 0 Å². The molecule has 0 aliphatic carbocycles. The van der Waals surface area contributed by atoms with Crippen molar-refractivity contribution >= 4 is 39.4 Å². The molecule has 0 fully saturated rings. The van der Waals surface area contributed by atoms with E-state index in [1.165, 1.54) is 21.6 Å². The van der Waals surface area contributed by atoms with E-state index in [1.807, 2.05) is 6.07 Å². The summed E-state index contributed by atoms with van der Waals surface area (Å²) in [5.74, 6) is 0. The van der Waals surface area contributed by atoms with E-state index in [4.69, 9.17) is 11.6 Å². The number of benzene rings is 2. The van der Waals surface area contributed by atoms with E-state index in [9.17, 15) is 0 Å². The normalized spacial score (nSPS) is 13.0. The summed E-state index contributed by atoms with van der Waals surface area (Å²) in [6.07, 6.45) is 2.17. The van der Waals surface area contributed by atoms with Crippen molar-refractivity contribution in [3.8, 4) is 0 Å². The van der Waals surface area contributed by atoms with Gasteiger partial charge in [-0.2, -0.15) is 0 Å². The molecule has 0 bridgehead atoms. The molecule has 0 atom stereocenters. The Bertz CT molecular complexity index is 752. The van der Waals surface area contributed by atoms with Gasteiger partial charge in [0.15, 0.2) is 0 Å². The molecule has 0 N–H and O–H groups in total. The van der Waals surface area contributed by atoms with Gasteiger partial charge >= 0.3 is 0 Å². The Labute approximate surface area is 105 Å². The molecule has 0 saturated heterocycles. The first-order valence-corrected chi connectivity index (χ1v) is 6.31. The molecule has 0 radical (unpaired) electrons. The smallest absolute Gasteiger partial charge is 0.0498 e. The highest BCUT2D eigenvalue weighted by Gasteiger charge is 2.11. The molecule has 2 heteroatoms. The first kappa shape index (κ1) is 10.7. The van der Waals surface area contributed by atoms with Crippen LogP contribution in [0, 0.1) is 0 Å². The van der Waals surface area contributed by atoms with Gasteiger partial charge in [0.05, 0.1) is 0 Å². The van der Waals surface area contributed by atoms with Crippen molar-refractivity contribution in [3.05, 3.63) is 40.7 Å². The number of halogens is 1. The van der Waals surface area contributed by atoms with E-state index < -0.39 is 0 Å². The van der Waals surface area contributed by atoms with E-state index in [2.05, 4.69) is 48.8 Å². The van der Waals surface area contributed by atoms with Gasteiger partial charge in [0.1, 0.15) is 0 Å². The van der Waals surface area contributed by atoms with Crippen molar-refractivity contribution in [2.45, 2.75) is 20.4 Å². The quantitative estimate of drug-likeness (QED) is 0.609. The van der Waals surface area contributed by atoms with Crippen molar-refractivity contribution in [2.75, 3.05) is 0 Å². The fourth-order valence-corrected chi connectivity index (χ4v) is 2.94.